The minimum Gasteiger partial charge on any atom is -0.127 e. The summed E-state index contributed by atoms with van der Waals surface area (Å²) in [7, 11) is 0. The van der Waals surface area contributed by atoms with Gasteiger partial charge >= 0.3 is 0 Å². The number of halogens is 1. The maximum absolute atomic E-state index is 5.36. The lowest BCUT2D eigenvalue weighted by atomic mass is 10.6. The molecule has 0 rings (SSSR count). The van der Waals surface area contributed by atoms with Gasteiger partial charge in [-0.3, -0.25) is 0 Å². The van der Waals surface area contributed by atoms with Crippen LogP contribution in [0.5, 0.6) is 0 Å². The molecule has 2 heteroatoms. The Labute approximate surface area is 53.6 Å². The van der Waals surface area contributed by atoms with E-state index >= 15 is 0 Å². The van der Waals surface area contributed by atoms with Gasteiger partial charge < -0.3 is 0 Å². The summed E-state index contributed by atoms with van der Waals surface area (Å²) < 4.78 is 0. The van der Waals surface area contributed by atoms with Crippen molar-refractivity contribution in [2.75, 3.05) is 11.6 Å². The summed E-state index contributed by atoms with van der Waals surface area (Å²) in [5.41, 5.74) is 0. The number of thioether (sulfide) groups is 1. The van der Waals surface area contributed by atoms with E-state index in [2.05, 4.69) is 5.25 Å². The normalized spacial score (nSPS) is 8.00. The van der Waals surface area contributed by atoms with Crippen molar-refractivity contribution < 1.29 is 0 Å². The molecule has 0 aromatic rings. The molecule has 0 unspecified atom stereocenters. The molecule has 0 aromatic heterocycles. The van der Waals surface area contributed by atoms with Crippen molar-refractivity contribution in [2.24, 2.45) is 0 Å². The van der Waals surface area contributed by atoms with E-state index in [4.69, 9.17) is 18.0 Å². The van der Waals surface area contributed by atoms with Gasteiger partial charge in [-0.15, -0.1) is 18.0 Å². The lowest BCUT2D eigenvalue weighted by molar-refractivity contribution is 1.12. The van der Waals surface area contributed by atoms with Crippen LogP contribution in [-0.4, -0.2) is 11.6 Å². The van der Waals surface area contributed by atoms with E-state index < -0.39 is 0 Å². The highest BCUT2D eigenvalue weighted by molar-refractivity contribution is 8.03. The predicted molar refractivity (Wildman–Crippen MR) is 36.6 cm³/mol. The Balaban J connectivity index is 2.60. The van der Waals surface area contributed by atoms with E-state index in [1.807, 2.05) is 0 Å². The summed E-state index contributed by atoms with van der Waals surface area (Å²) in [6.45, 7) is 0. The number of terminal acetylenes is 1. The molecule has 0 aliphatic heterocycles. The minimum absolute atomic E-state index is 0.717. The third-order valence-electron chi connectivity index (χ3n) is 0.463. The summed E-state index contributed by atoms with van der Waals surface area (Å²) in [5.74, 6) is 1.70. The van der Waals surface area contributed by atoms with Gasteiger partial charge in [0.1, 0.15) is 0 Å². The second-order valence-corrected chi connectivity index (χ2v) is 2.32. The highest BCUT2D eigenvalue weighted by Crippen LogP contribution is 1.98. The lowest BCUT2D eigenvalue weighted by Crippen LogP contribution is -1.75. The monoisotopic (exact) mass is 134 g/mol. The first-order valence-electron chi connectivity index (χ1n) is 2.05. The third kappa shape index (κ3) is 6.20. The molecule has 0 aliphatic rings. The van der Waals surface area contributed by atoms with Crippen LogP contribution in [0.1, 0.15) is 6.42 Å². The zero-order valence-corrected chi connectivity index (χ0v) is 5.56. The zero-order chi connectivity index (χ0) is 5.54. The van der Waals surface area contributed by atoms with Gasteiger partial charge in [-0.25, -0.2) is 0 Å². The van der Waals surface area contributed by atoms with Gasteiger partial charge in [0.05, 0.1) is 0 Å². The molecular weight excluding hydrogens is 128 g/mol. The second-order valence-electron chi connectivity index (χ2n) is 1.01. The SMILES string of the molecule is C#CSCCCCl. The van der Waals surface area contributed by atoms with E-state index in [1.165, 1.54) is 11.8 Å². The van der Waals surface area contributed by atoms with Crippen LogP contribution in [0.4, 0.5) is 0 Å². The molecule has 0 nitrogen and oxygen atoms in total. The van der Waals surface area contributed by atoms with Crippen molar-refractivity contribution >= 4 is 23.4 Å². The summed E-state index contributed by atoms with van der Waals surface area (Å²) in [4.78, 5) is 0. The van der Waals surface area contributed by atoms with Gasteiger partial charge in [-0.05, 0) is 11.7 Å². The third-order valence-corrected chi connectivity index (χ3v) is 1.39. The molecule has 0 bridgehead atoms. The van der Waals surface area contributed by atoms with Crippen LogP contribution in [0, 0.1) is 11.7 Å². The molecule has 0 saturated heterocycles. The number of hydrogen-bond acceptors (Lipinski definition) is 1. The van der Waals surface area contributed by atoms with Crippen LogP contribution in [0.3, 0.4) is 0 Å². The zero-order valence-electron chi connectivity index (χ0n) is 3.98. The predicted octanol–water partition coefficient (Wildman–Crippen LogP) is 1.94. The average Bonchev–Trinajstić information content (AvgIpc) is 1.69. The van der Waals surface area contributed by atoms with Crippen LogP contribution in [0.15, 0.2) is 0 Å². The van der Waals surface area contributed by atoms with Gasteiger partial charge in [0.15, 0.2) is 0 Å². The van der Waals surface area contributed by atoms with Gasteiger partial charge in [0.2, 0.25) is 0 Å². The molecule has 0 aliphatic carbocycles. The fourth-order valence-electron chi connectivity index (χ4n) is 0.186. The van der Waals surface area contributed by atoms with Crippen molar-refractivity contribution in [3.8, 4) is 11.7 Å². The van der Waals surface area contributed by atoms with E-state index in [1.54, 1.807) is 0 Å². The standard InChI is InChI=1S/C5H7ClS/c1-2-7-5-3-4-6/h1H,3-5H2. The lowest BCUT2D eigenvalue weighted by Gasteiger charge is -1.84. The number of rotatable bonds is 3. The Morgan fingerprint density at radius 1 is 1.71 bits per heavy atom. The Kier molecular flexibility index (Phi) is 6.38. The van der Waals surface area contributed by atoms with Crippen molar-refractivity contribution in [1.82, 2.24) is 0 Å². The first kappa shape index (κ1) is 7.20. The molecule has 40 valence electrons. The molecule has 0 aromatic carbocycles. The van der Waals surface area contributed by atoms with Crippen LogP contribution >= 0.6 is 23.4 Å². The highest BCUT2D eigenvalue weighted by atomic mass is 35.5. The summed E-state index contributed by atoms with van der Waals surface area (Å²) in [5, 5.41) is 2.46. The Morgan fingerprint density at radius 2 is 2.43 bits per heavy atom. The first-order chi connectivity index (χ1) is 3.41. The molecule has 0 atom stereocenters. The smallest absolute Gasteiger partial charge is 0.0231 e. The quantitative estimate of drug-likeness (QED) is 0.323. The molecule has 0 radical (unpaired) electrons. The molecule has 0 saturated carbocycles. The minimum atomic E-state index is 0.717. The van der Waals surface area contributed by atoms with Crippen LogP contribution in [0.25, 0.3) is 0 Å². The highest BCUT2D eigenvalue weighted by Gasteiger charge is 1.79. The first-order valence-corrected chi connectivity index (χ1v) is 3.57. The van der Waals surface area contributed by atoms with Crippen LogP contribution in [0.2, 0.25) is 0 Å². The molecule has 0 spiro atoms. The van der Waals surface area contributed by atoms with Gasteiger partial charge in [0, 0.05) is 11.6 Å². The van der Waals surface area contributed by atoms with Gasteiger partial charge in [0.25, 0.3) is 0 Å². The molecule has 0 fully saturated rings. The maximum Gasteiger partial charge on any atom is 0.0231 e. The molecular formula is C5H7ClS. The summed E-state index contributed by atoms with van der Waals surface area (Å²) in [6, 6.07) is 0. The van der Waals surface area contributed by atoms with Crippen LogP contribution in [-0.2, 0) is 0 Å². The topological polar surface area (TPSA) is 0 Å². The summed E-state index contributed by atoms with van der Waals surface area (Å²) >= 11 is 6.83. The second kappa shape index (κ2) is 6.20. The number of alkyl halides is 1. The van der Waals surface area contributed by atoms with E-state index in [0.29, 0.717) is 5.88 Å². The van der Waals surface area contributed by atoms with E-state index in [0.717, 1.165) is 12.2 Å². The van der Waals surface area contributed by atoms with Crippen molar-refractivity contribution in [2.45, 2.75) is 6.42 Å². The average molecular weight is 135 g/mol. The Bertz CT molecular complexity index is 65.0. The molecule has 0 heterocycles. The van der Waals surface area contributed by atoms with E-state index in [-0.39, 0.29) is 0 Å². The van der Waals surface area contributed by atoms with E-state index in [9.17, 15) is 0 Å². The summed E-state index contributed by atoms with van der Waals surface area (Å²) in [6.07, 6.45) is 5.95. The fourth-order valence-corrected chi connectivity index (χ4v) is 0.884. The van der Waals surface area contributed by atoms with Crippen molar-refractivity contribution in [1.29, 1.82) is 0 Å². The van der Waals surface area contributed by atoms with Gasteiger partial charge in [-0.2, -0.15) is 0 Å². The Morgan fingerprint density at radius 3 is 2.86 bits per heavy atom. The van der Waals surface area contributed by atoms with Crippen molar-refractivity contribution in [3.63, 3.8) is 0 Å². The van der Waals surface area contributed by atoms with Gasteiger partial charge in [-0.1, -0.05) is 11.8 Å². The van der Waals surface area contributed by atoms with Crippen LogP contribution < -0.4 is 0 Å². The van der Waals surface area contributed by atoms with Crippen molar-refractivity contribution in [3.05, 3.63) is 0 Å². The maximum atomic E-state index is 5.36. The largest absolute Gasteiger partial charge is 0.127 e. The molecule has 0 N–H and O–H groups in total. The number of hydrogen-bond donors (Lipinski definition) is 0. The fraction of sp³-hybridized carbons (Fsp3) is 0.600. The molecule has 0 amide bonds. The Hall–Kier alpha value is 0.200. The molecule has 7 heavy (non-hydrogen) atoms.